The Morgan fingerprint density at radius 3 is 2.46 bits per heavy atom. The number of rotatable bonds is 2. The lowest BCUT2D eigenvalue weighted by Gasteiger charge is -2.41. The Morgan fingerprint density at radius 2 is 1.85 bits per heavy atom. The molecule has 2 heterocycles. The zero-order chi connectivity index (χ0) is 18.9. The number of Topliss-reactive ketones (excluding diaryl/α,β-unsaturated/α-hetero) is 1. The van der Waals surface area contributed by atoms with Crippen molar-refractivity contribution in [1.82, 2.24) is 5.32 Å². The number of benzene rings is 1. The molecule has 4 rings (SSSR count). The van der Waals surface area contributed by atoms with Gasteiger partial charge in [-0.3, -0.25) is 19.2 Å². The van der Waals surface area contributed by atoms with Crippen LogP contribution in [-0.4, -0.2) is 34.2 Å². The highest BCUT2D eigenvalue weighted by atomic mass is 16.3. The van der Waals surface area contributed by atoms with E-state index in [4.69, 9.17) is 0 Å². The summed E-state index contributed by atoms with van der Waals surface area (Å²) in [5.41, 5.74) is -3.48. The number of amides is 2. The fourth-order valence-corrected chi connectivity index (χ4v) is 4.45. The fourth-order valence-electron chi connectivity index (χ4n) is 4.45. The second kappa shape index (κ2) is 4.98. The van der Waals surface area contributed by atoms with E-state index in [1.807, 2.05) is 0 Å². The third kappa shape index (κ3) is 1.65. The molecule has 1 saturated heterocycles. The molecule has 2 aliphatic heterocycles. The van der Waals surface area contributed by atoms with E-state index in [0.29, 0.717) is 0 Å². The molecule has 2 amide bonds. The van der Waals surface area contributed by atoms with Crippen LogP contribution in [0.15, 0.2) is 53.8 Å². The first-order chi connectivity index (χ1) is 12.3. The monoisotopic (exact) mass is 352 g/mol. The summed E-state index contributed by atoms with van der Waals surface area (Å²) >= 11 is 0. The number of imide groups is 1. The molecular weight excluding hydrogens is 336 g/mol. The van der Waals surface area contributed by atoms with Gasteiger partial charge in [-0.25, -0.2) is 4.90 Å². The molecule has 0 aromatic heterocycles. The lowest BCUT2D eigenvalue weighted by atomic mass is 9.61. The molecule has 1 spiro atoms. The van der Waals surface area contributed by atoms with E-state index in [-0.39, 0.29) is 17.0 Å². The maximum atomic E-state index is 13.5. The molecule has 0 radical (unpaired) electrons. The van der Waals surface area contributed by atoms with Crippen LogP contribution >= 0.6 is 0 Å². The summed E-state index contributed by atoms with van der Waals surface area (Å²) in [5, 5.41) is 13.9. The molecule has 0 saturated carbocycles. The van der Waals surface area contributed by atoms with Crippen LogP contribution in [0.1, 0.15) is 13.8 Å². The average Bonchev–Trinajstić information content (AvgIpc) is 2.96. The Labute approximate surface area is 149 Å². The molecule has 1 fully saturated rings. The van der Waals surface area contributed by atoms with Crippen molar-refractivity contribution in [3.63, 3.8) is 0 Å². The van der Waals surface area contributed by atoms with E-state index >= 15 is 0 Å². The molecule has 7 heteroatoms. The first kappa shape index (κ1) is 16.4. The maximum absolute atomic E-state index is 13.5. The van der Waals surface area contributed by atoms with E-state index in [9.17, 15) is 24.3 Å². The first-order valence-electron chi connectivity index (χ1n) is 8.15. The normalized spacial score (nSPS) is 32.7. The van der Waals surface area contributed by atoms with E-state index in [2.05, 4.69) is 5.32 Å². The summed E-state index contributed by atoms with van der Waals surface area (Å²) in [6, 6.07) is 8.16. The number of ketones is 2. The number of para-hydroxylation sites is 1. The highest BCUT2D eigenvalue weighted by Gasteiger charge is 2.76. The fraction of sp³-hybridized carbons (Fsp3) is 0.263. The van der Waals surface area contributed by atoms with Crippen molar-refractivity contribution in [3.8, 4) is 0 Å². The van der Waals surface area contributed by atoms with E-state index in [1.165, 1.54) is 6.92 Å². The minimum absolute atomic E-state index is 0.0283. The van der Waals surface area contributed by atoms with Gasteiger partial charge in [0.15, 0.2) is 22.7 Å². The summed E-state index contributed by atoms with van der Waals surface area (Å²) in [6.45, 7) is 2.80. The molecule has 1 aliphatic carbocycles. The van der Waals surface area contributed by atoms with Gasteiger partial charge < -0.3 is 10.4 Å². The molecule has 3 atom stereocenters. The number of allylic oxidation sites excluding steroid dienone is 2. The second-order valence-corrected chi connectivity index (χ2v) is 6.74. The summed E-state index contributed by atoms with van der Waals surface area (Å²) in [4.78, 5) is 52.5. The third-order valence-corrected chi connectivity index (χ3v) is 5.33. The van der Waals surface area contributed by atoms with Crippen molar-refractivity contribution in [2.75, 3.05) is 4.90 Å². The molecule has 0 bridgehead atoms. The van der Waals surface area contributed by atoms with Gasteiger partial charge in [0, 0.05) is 11.3 Å². The largest absolute Gasteiger partial charge is 0.366 e. The van der Waals surface area contributed by atoms with Gasteiger partial charge in [-0.15, -0.1) is 0 Å². The van der Waals surface area contributed by atoms with Gasteiger partial charge in [-0.05, 0) is 38.1 Å². The smallest absolute Gasteiger partial charge is 0.251 e. The van der Waals surface area contributed by atoms with E-state index in [1.54, 1.807) is 37.3 Å². The van der Waals surface area contributed by atoms with Crippen LogP contribution in [0.5, 0.6) is 0 Å². The summed E-state index contributed by atoms with van der Waals surface area (Å²) in [6.07, 6.45) is 2.25. The van der Waals surface area contributed by atoms with Crippen LogP contribution in [0.4, 0.5) is 5.69 Å². The predicted octanol–water partition coefficient (Wildman–Crippen LogP) is 0.456. The van der Waals surface area contributed by atoms with Crippen LogP contribution in [0, 0.1) is 11.3 Å². The van der Waals surface area contributed by atoms with E-state index < -0.39 is 40.4 Å². The highest BCUT2D eigenvalue weighted by molar-refractivity contribution is 6.34. The van der Waals surface area contributed by atoms with Crippen molar-refractivity contribution in [2.24, 2.45) is 11.3 Å². The van der Waals surface area contributed by atoms with Crippen LogP contribution in [-0.2, 0) is 19.2 Å². The van der Waals surface area contributed by atoms with Crippen LogP contribution in [0.3, 0.4) is 0 Å². The molecule has 132 valence electrons. The first-order valence-corrected chi connectivity index (χ1v) is 8.15. The average molecular weight is 352 g/mol. The molecule has 3 aliphatic rings. The van der Waals surface area contributed by atoms with Crippen LogP contribution in [0.2, 0.25) is 0 Å². The molecule has 1 aromatic rings. The van der Waals surface area contributed by atoms with E-state index in [0.717, 1.165) is 17.1 Å². The molecular formula is C19H16N2O5. The van der Waals surface area contributed by atoms with Gasteiger partial charge in [0.25, 0.3) is 5.91 Å². The third-order valence-electron chi connectivity index (χ3n) is 5.33. The molecule has 1 aromatic carbocycles. The second-order valence-electron chi connectivity index (χ2n) is 6.74. The van der Waals surface area contributed by atoms with Gasteiger partial charge >= 0.3 is 0 Å². The van der Waals surface area contributed by atoms with Crippen molar-refractivity contribution in [1.29, 1.82) is 0 Å². The van der Waals surface area contributed by atoms with Crippen molar-refractivity contribution < 1.29 is 24.3 Å². The predicted molar refractivity (Wildman–Crippen MR) is 90.5 cm³/mol. The maximum Gasteiger partial charge on any atom is 0.251 e. The topological polar surface area (TPSA) is 104 Å². The zero-order valence-electron chi connectivity index (χ0n) is 14.1. The Morgan fingerprint density at radius 1 is 1.19 bits per heavy atom. The molecule has 7 nitrogen and oxygen atoms in total. The minimum atomic E-state index is -2.02. The van der Waals surface area contributed by atoms with Crippen LogP contribution < -0.4 is 10.2 Å². The lowest BCUT2D eigenvalue weighted by molar-refractivity contribution is -0.149. The number of carbonyl (C=O) groups is 4. The number of hydrogen-bond acceptors (Lipinski definition) is 6. The number of anilines is 1. The lowest BCUT2D eigenvalue weighted by Crippen LogP contribution is -2.62. The van der Waals surface area contributed by atoms with Gasteiger partial charge in [0.05, 0.1) is 5.69 Å². The quantitative estimate of drug-likeness (QED) is 0.592. The summed E-state index contributed by atoms with van der Waals surface area (Å²) < 4.78 is 0. The minimum Gasteiger partial charge on any atom is -0.366 e. The molecule has 26 heavy (non-hydrogen) atoms. The van der Waals surface area contributed by atoms with Crippen molar-refractivity contribution in [3.05, 3.63) is 53.8 Å². The standard InChI is InChI=1S/C19H16N2O5/c1-10-14(11(2)22)19-15(13(23)8-9-18(19,26)20-10)16(24)21(17(19)25)12-6-4-3-5-7-12/h3-9,15,20,26H,1-2H3. The van der Waals surface area contributed by atoms with Crippen molar-refractivity contribution in [2.45, 2.75) is 19.6 Å². The Hall–Kier alpha value is -3.06. The highest BCUT2D eigenvalue weighted by Crippen LogP contribution is 2.58. The molecule has 2 N–H and O–H groups in total. The number of hydrogen-bond donors (Lipinski definition) is 2. The Kier molecular flexibility index (Phi) is 3.15. The van der Waals surface area contributed by atoms with Gasteiger partial charge in [0.2, 0.25) is 5.91 Å². The number of aliphatic hydroxyl groups is 1. The number of carbonyl (C=O) groups excluding carboxylic acids is 4. The van der Waals surface area contributed by atoms with Gasteiger partial charge in [0.1, 0.15) is 5.92 Å². The molecule has 3 unspecified atom stereocenters. The Bertz CT molecular complexity index is 948. The SMILES string of the molecule is CC(=O)C1=C(C)NC2(O)C=CC(=O)C3C(=O)N(c4ccccc4)C(=O)C132. The van der Waals surface area contributed by atoms with Gasteiger partial charge in [-0.2, -0.15) is 0 Å². The zero-order valence-corrected chi connectivity index (χ0v) is 14.1. The van der Waals surface area contributed by atoms with Crippen molar-refractivity contribution >= 4 is 29.1 Å². The van der Waals surface area contributed by atoms with Gasteiger partial charge in [-0.1, -0.05) is 18.2 Å². The number of nitrogens with one attached hydrogen (secondary N) is 1. The number of nitrogens with zero attached hydrogens (tertiary/aromatic N) is 1. The summed E-state index contributed by atoms with van der Waals surface area (Å²) in [7, 11) is 0. The van der Waals surface area contributed by atoms with Crippen LogP contribution in [0.25, 0.3) is 0 Å². The Balaban J connectivity index is 2.04. The summed E-state index contributed by atoms with van der Waals surface area (Å²) in [5.74, 6) is -4.11.